The van der Waals surface area contributed by atoms with Gasteiger partial charge in [-0.05, 0) is 35.3 Å². The van der Waals surface area contributed by atoms with E-state index in [0.717, 1.165) is 16.8 Å². The van der Waals surface area contributed by atoms with E-state index in [1.54, 1.807) is 6.08 Å². The first-order valence-corrected chi connectivity index (χ1v) is 7.57. The molecule has 0 saturated carbocycles. The van der Waals surface area contributed by atoms with Crippen molar-refractivity contribution in [1.29, 1.82) is 0 Å². The Labute approximate surface area is 133 Å². The van der Waals surface area contributed by atoms with E-state index in [4.69, 9.17) is 0 Å². The fourth-order valence-electron chi connectivity index (χ4n) is 2.18. The van der Waals surface area contributed by atoms with Gasteiger partial charge in [0.05, 0.1) is 0 Å². The largest absolute Gasteiger partial charge is 0.378 e. The summed E-state index contributed by atoms with van der Waals surface area (Å²) in [5, 5.41) is 0. The molecule has 0 N–H and O–H groups in total. The van der Waals surface area contributed by atoms with Crippen LogP contribution in [0.5, 0.6) is 0 Å². The molecule has 0 bridgehead atoms. The van der Waals surface area contributed by atoms with Gasteiger partial charge >= 0.3 is 0 Å². The highest BCUT2D eigenvalue weighted by atomic mass is 16.1. The van der Waals surface area contributed by atoms with Crippen LogP contribution in [0.4, 0.5) is 5.69 Å². The lowest BCUT2D eigenvalue weighted by Gasteiger charge is -2.11. The molecular weight excluding hydrogens is 270 g/mol. The Kier molecular flexibility index (Phi) is 5.16. The summed E-state index contributed by atoms with van der Waals surface area (Å²) in [5.74, 6) is 0.516. The number of nitrogens with zero attached hydrogens (tertiary/aromatic N) is 1. The average molecular weight is 293 g/mol. The Morgan fingerprint density at radius 3 is 2.05 bits per heavy atom. The van der Waals surface area contributed by atoms with Crippen molar-refractivity contribution in [3.8, 4) is 0 Å². The van der Waals surface area contributed by atoms with Gasteiger partial charge < -0.3 is 4.90 Å². The average Bonchev–Trinajstić information content (AvgIpc) is 2.53. The van der Waals surface area contributed by atoms with E-state index in [1.807, 2.05) is 68.7 Å². The summed E-state index contributed by atoms with van der Waals surface area (Å²) in [6.07, 6.45) is 3.49. The molecule has 0 saturated heterocycles. The Morgan fingerprint density at radius 1 is 0.955 bits per heavy atom. The zero-order valence-corrected chi connectivity index (χ0v) is 13.7. The first-order valence-electron chi connectivity index (χ1n) is 7.57. The molecule has 0 fully saturated rings. The molecule has 0 amide bonds. The maximum absolute atomic E-state index is 12.2. The standard InChI is InChI=1S/C20H23NO/c1-15(2)17-8-10-18(11-9-17)20(22)14-7-16-5-12-19(13-6-16)21(3)4/h5-15H,1-4H3/b14-7+. The van der Waals surface area contributed by atoms with Gasteiger partial charge in [0.2, 0.25) is 0 Å². The van der Waals surface area contributed by atoms with Crippen molar-refractivity contribution in [3.63, 3.8) is 0 Å². The Bertz CT molecular complexity index is 649. The highest BCUT2D eigenvalue weighted by molar-refractivity contribution is 6.06. The first-order chi connectivity index (χ1) is 10.5. The van der Waals surface area contributed by atoms with E-state index >= 15 is 0 Å². The molecule has 0 aliphatic rings. The van der Waals surface area contributed by atoms with Crippen LogP contribution >= 0.6 is 0 Å². The molecule has 114 valence electrons. The number of anilines is 1. The lowest BCUT2D eigenvalue weighted by Crippen LogP contribution is -2.07. The van der Waals surface area contributed by atoms with Crippen LogP contribution < -0.4 is 4.90 Å². The minimum absolute atomic E-state index is 0.0343. The summed E-state index contributed by atoms with van der Waals surface area (Å²) in [5.41, 5.74) is 4.15. The van der Waals surface area contributed by atoms with Crippen molar-refractivity contribution in [1.82, 2.24) is 0 Å². The van der Waals surface area contributed by atoms with Gasteiger partial charge in [-0.3, -0.25) is 4.79 Å². The monoisotopic (exact) mass is 293 g/mol. The second kappa shape index (κ2) is 7.08. The van der Waals surface area contributed by atoms with E-state index in [0.29, 0.717) is 5.92 Å². The quantitative estimate of drug-likeness (QED) is 0.584. The minimum Gasteiger partial charge on any atom is -0.378 e. The van der Waals surface area contributed by atoms with Gasteiger partial charge in [0.1, 0.15) is 0 Å². The highest BCUT2D eigenvalue weighted by Gasteiger charge is 2.03. The first kappa shape index (κ1) is 16.0. The molecule has 0 aliphatic heterocycles. The molecular formula is C20H23NO. The van der Waals surface area contributed by atoms with Crippen LogP contribution in [-0.4, -0.2) is 19.9 Å². The van der Waals surface area contributed by atoms with Gasteiger partial charge in [0.25, 0.3) is 0 Å². The third-order valence-electron chi connectivity index (χ3n) is 3.70. The predicted molar refractivity (Wildman–Crippen MR) is 94.7 cm³/mol. The zero-order chi connectivity index (χ0) is 16.1. The van der Waals surface area contributed by atoms with Crippen molar-refractivity contribution in [2.24, 2.45) is 0 Å². The van der Waals surface area contributed by atoms with E-state index in [2.05, 4.69) is 18.7 Å². The third kappa shape index (κ3) is 4.08. The fraction of sp³-hybridized carbons (Fsp3) is 0.250. The van der Waals surface area contributed by atoms with Gasteiger partial charge in [-0.15, -0.1) is 0 Å². The normalized spacial score (nSPS) is 11.1. The summed E-state index contributed by atoms with van der Waals surface area (Å²) in [6, 6.07) is 16.0. The topological polar surface area (TPSA) is 20.3 Å². The summed E-state index contributed by atoms with van der Waals surface area (Å²) in [6.45, 7) is 4.29. The van der Waals surface area contributed by atoms with Crippen molar-refractivity contribution in [2.45, 2.75) is 19.8 Å². The van der Waals surface area contributed by atoms with Gasteiger partial charge in [0, 0.05) is 25.3 Å². The van der Waals surface area contributed by atoms with Crippen molar-refractivity contribution in [3.05, 3.63) is 71.3 Å². The zero-order valence-electron chi connectivity index (χ0n) is 13.7. The SMILES string of the molecule is CC(C)c1ccc(C(=O)/C=C/c2ccc(N(C)C)cc2)cc1. The number of hydrogen-bond donors (Lipinski definition) is 0. The number of ketones is 1. The maximum Gasteiger partial charge on any atom is 0.185 e. The van der Waals surface area contributed by atoms with Crippen molar-refractivity contribution < 1.29 is 4.79 Å². The lowest BCUT2D eigenvalue weighted by atomic mass is 10.0. The van der Waals surface area contributed by atoms with Crippen molar-refractivity contribution >= 4 is 17.5 Å². The number of hydrogen-bond acceptors (Lipinski definition) is 2. The number of rotatable bonds is 5. The molecule has 0 radical (unpaired) electrons. The lowest BCUT2D eigenvalue weighted by molar-refractivity contribution is 0.104. The number of allylic oxidation sites excluding steroid dienone is 1. The molecule has 0 aromatic heterocycles. The number of carbonyl (C=O) groups is 1. The molecule has 2 aromatic rings. The van der Waals surface area contributed by atoms with Crippen LogP contribution in [0, 0.1) is 0 Å². The Morgan fingerprint density at radius 2 is 1.55 bits per heavy atom. The van der Waals surface area contributed by atoms with Crippen LogP contribution in [0.3, 0.4) is 0 Å². The molecule has 22 heavy (non-hydrogen) atoms. The van der Waals surface area contributed by atoms with Crippen LogP contribution in [0.25, 0.3) is 6.08 Å². The van der Waals surface area contributed by atoms with Crippen LogP contribution in [0.1, 0.15) is 41.3 Å². The van der Waals surface area contributed by atoms with Crippen LogP contribution in [0.15, 0.2) is 54.6 Å². The number of benzene rings is 2. The second-order valence-corrected chi connectivity index (χ2v) is 5.96. The molecule has 2 nitrogen and oxygen atoms in total. The van der Waals surface area contributed by atoms with E-state index in [9.17, 15) is 4.79 Å². The summed E-state index contributed by atoms with van der Waals surface area (Å²) in [4.78, 5) is 14.2. The molecule has 0 spiro atoms. The van der Waals surface area contributed by atoms with Gasteiger partial charge in [-0.2, -0.15) is 0 Å². The van der Waals surface area contributed by atoms with Gasteiger partial charge in [-0.1, -0.05) is 56.3 Å². The molecule has 0 aliphatic carbocycles. The van der Waals surface area contributed by atoms with Crippen LogP contribution in [-0.2, 0) is 0 Å². The summed E-state index contributed by atoms with van der Waals surface area (Å²) < 4.78 is 0. The predicted octanol–water partition coefficient (Wildman–Crippen LogP) is 4.77. The molecule has 2 rings (SSSR count). The second-order valence-electron chi connectivity index (χ2n) is 5.96. The summed E-state index contributed by atoms with van der Waals surface area (Å²) in [7, 11) is 4.02. The molecule has 0 unspecified atom stereocenters. The highest BCUT2D eigenvalue weighted by Crippen LogP contribution is 2.16. The molecule has 2 aromatic carbocycles. The smallest absolute Gasteiger partial charge is 0.185 e. The van der Waals surface area contributed by atoms with E-state index < -0.39 is 0 Å². The molecule has 2 heteroatoms. The van der Waals surface area contributed by atoms with E-state index in [1.165, 1.54) is 5.56 Å². The van der Waals surface area contributed by atoms with Crippen LogP contribution in [0.2, 0.25) is 0 Å². The third-order valence-corrected chi connectivity index (χ3v) is 3.70. The van der Waals surface area contributed by atoms with Gasteiger partial charge in [0.15, 0.2) is 5.78 Å². The Hall–Kier alpha value is -2.35. The molecule has 0 atom stereocenters. The van der Waals surface area contributed by atoms with Crippen molar-refractivity contribution in [2.75, 3.05) is 19.0 Å². The van der Waals surface area contributed by atoms with Gasteiger partial charge in [-0.25, -0.2) is 0 Å². The fourth-order valence-corrected chi connectivity index (χ4v) is 2.18. The summed E-state index contributed by atoms with van der Waals surface area (Å²) >= 11 is 0. The molecule has 0 heterocycles. The number of carbonyl (C=O) groups excluding carboxylic acids is 1. The minimum atomic E-state index is 0.0343. The maximum atomic E-state index is 12.2. The van der Waals surface area contributed by atoms with E-state index in [-0.39, 0.29) is 5.78 Å². The Balaban J connectivity index is 2.07.